The van der Waals surface area contributed by atoms with Gasteiger partial charge in [0.25, 0.3) is 0 Å². The van der Waals surface area contributed by atoms with E-state index in [9.17, 15) is 4.79 Å². The molecule has 0 aliphatic carbocycles. The van der Waals surface area contributed by atoms with E-state index in [0.29, 0.717) is 5.92 Å². The van der Waals surface area contributed by atoms with Crippen LogP contribution in [0.2, 0.25) is 0 Å². The van der Waals surface area contributed by atoms with E-state index in [2.05, 4.69) is 89.0 Å². The number of aryl methyl sites for hydroxylation is 1. The first-order valence-electron chi connectivity index (χ1n) is 12.8. The largest absolute Gasteiger partial charge is 0.360 e. The van der Waals surface area contributed by atoms with Crippen molar-refractivity contribution < 1.29 is 4.79 Å². The summed E-state index contributed by atoms with van der Waals surface area (Å²) in [6.45, 7) is 9.15. The molecule has 180 valence electrons. The van der Waals surface area contributed by atoms with Crippen LogP contribution in [0.25, 0.3) is 22.0 Å². The Kier molecular flexibility index (Phi) is 6.74. The van der Waals surface area contributed by atoms with Crippen LogP contribution in [0.15, 0.2) is 72.9 Å². The van der Waals surface area contributed by atoms with E-state index in [-0.39, 0.29) is 11.8 Å². The number of aromatic nitrogens is 1. The van der Waals surface area contributed by atoms with Gasteiger partial charge in [-0.1, -0.05) is 68.4 Å². The van der Waals surface area contributed by atoms with Crippen LogP contribution in [0.1, 0.15) is 49.3 Å². The minimum Gasteiger partial charge on any atom is -0.360 e. The molecule has 0 spiro atoms. The molecule has 2 N–H and O–H groups in total. The van der Waals surface area contributed by atoms with Crippen LogP contribution in [0, 0.1) is 12.8 Å². The highest BCUT2D eigenvalue weighted by atomic mass is 16.1. The lowest BCUT2D eigenvalue weighted by Crippen LogP contribution is -2.32. The summed E-state index contributed by atoms with van der Waals surface area (Å²) in [6.07, 6.45) is 4.47. The molecule has 0 radical (unpaired) electrons. The van der Waals surface area contributed by atoms with Crippen molar-refractivity contribution in [3.8, 4) is 11.1 Å². The Labute approximate surface area is 208 Å². The Morgan fingerprint density at radius 1 is 1.00 bits per heavy atom. The third-order valence-corrected chi connectivity index (χ3v) is 7.37. The first kappa shape index (κ1) is 23.4. The number of carbonyl (C=O) groups is 1. The maximum absolute atomic E-state index is 12.1. The summed E-state index contributed by atoms with van der Waals surface area (Å²) in [5.74, 6) is 0.596. The van der Waals surface area contributed by atoms with Gasteiger partial charge in [0.05, 0.1) is 5.52 Å². The monoisotopic (exact) mass is 465 g/mol. The highest BCUT2D eigenvalue weighted by Crippen LogP contribution is 2.34. The fraction of sp³-hybridized carbons (Fsp3) is 0.323. The maximum atomic E-state index is 12.1. The number of H-pyrrole nitrogens is 1. The van der Waals surface area contributed by atoms with E-state index < -0.39 is 0 Å². The third kappa shape index (κ3) is 5.03. The molecule has 1 amide bonds. The molecule has 1 aliphatic heterocycles. The van der Waals surface area contributed by atoms with E-state index in [1.165, 1.54) is 38.7 Å². The first-order valence-corrected chi connectivity index (χ1v) is 12.8. The topological polar surface area (TPSA) is 48.1 Å². The smallest absolute Gasteiger partial charge is 0.226 e. The van der Waals surface area contributed by atoms with Crippen LogP contribution in [0.4, 0.5) is 5.69 Å². The van der Waals surface area contributed by atoms with Crippen LogP contribution in [-0.4, -0.2) is 28.9 Å². The molecule has 1 saturated heterocycles. The number of para-hydroxylation sites is 1. The number of hydrogen-bond donors (Lipinski definition) is 2. The molecule has 0 atom stereocenters. The second-order valence-corrected chi connectivity index (χ2v) is 10.2. The summed E-state index contributed by atoms with van der Waals surface area (Å²) < 4.78 is 0. The maximum Gasteiger partial charge on any atom is 0.226 e. The summed E-state index contributed by atoms with van der Waals surface area (Å²) in [7, 11) is 0. The average molecular weight is 466 g/mol. The Morgan fingerprint density at radius 3 is 2.51 bits per heavy atom. The lowest BCUT2D eigenvalue weighted by Gasteiger charge is -2.32. The number of rotatable bonds is 6. The van der Waals surface area contributed by atoms with Gasteiger partial charge in [-0.3, -0.25) is 9.69 Å². The van der Waals surface area contributed by atoms with Gasteiger partial charge in [-0.05, 0) is 73.2 Å². The Morgan fingerprint density at radius 2 is 1.74 bits per heavy atom. The summed E-state index contributed by atoms with van der Waals surface area (Å²) in [4.78, 5) is 18.2. The van der Waals surface area contributed by atoms with E-state index in [1.54, 1.807) is 0 Å². The van der Waals surface area contributed by atoms with E-state index in [0.717, 1.165) is 38.2 Å². The average Bonchev–Trinajstić information content (AvgIpc) is 3.28. The fourth-order valence-corrected chi connectivity index (χ4v) is 5.27. The molecule has 4 nitrogen and oxygen atoms in total. The molecule has 4 heteroatoms. The first-order chi connectivity index (χ1) is 17.0. The van der Waals surface area contributed by atoms with Crippen LogP contribution in [-0.2, 0) is 11.3 Å². The summed E-state index contributed by atoms with van der Waals surface area (Å²) in [6, 6.07) is 23.7. The molecule has 2 heterocycles. The molecule has 1 fully saturated rings. The second-order valence-electron chi connectivity index (χ2n) is 10.2. The zero-order chi connectivity index (χ0) is 24.4. The van der Waals surface area contributed by atoms with Gasteiger partial charge in [-0.25, -0.2) is 0 Å². The SMILES string of the molecule is Cc1ccccc1-c1cccc2c(CN3CCC(c4cccc(NC(=O)C(C)C)c4)CC3)c[nH]c12. The minimum absolute atomic E-state index is 0.0146. The van der Waals surface area contributed by atoms with Gasteiger partial charge in [-0.2, -0.15) is 0 Å². The van der Waals surface area contributed by atoms with Crippen molar-refractivity contribution in [3.63, 3.8) is 0 Å². The van der Waals surface area contributed by atoms with Gasteiger partial charge in [0.1, 0.15) is 0 Å². The molecule has 35 heavy (non-hydrogen) atoms. The van der Waals surface area contributed by atoms with Crippen molar-refractivity contribution in [2.75, 3.05) is 18.4 Å². The van der Waals surface area contributed by atoms with Gasteiger partial charge in [-0.15, -0.1) is 0 Å². The van der Waals surface area contributed by atoms with Crippen molar-refractivity contribution >= 4 is 22.5 Å². The van der Waals surface area contributed by atoms with Gasteiger partial charge in [0.15, 0.2) is 0 Å². The molecule has 1 aliphatic rings. The lowest BCUT2D eigenvalue weighted by atomic mass is 9.89. The predicted octanol–water partition coefficient (Wildman–Crippen LogP) is 7.12. The Bertz CT molecular complexity index is 1330. The highest BCUT2D eigenvalue weighted by molar-refractivity contribution is 5.96. The molecule has 3 aromatic carbocycles. The molecular weight excluding hydrogens is 430 g/mol. The highest BCUT2D eigenvalue weighted by Gasteiger charge is 2.22. The summed E-state index contributed by atoms with van der Waals surface area (Å²) >= 11 is 0. The number of nitrogens with zero attached hydrogens (tertiary/aromatic N) is 1. The number of piperidine rings is 1. The number of fused-ring (bicyclic) bond motifs is 1. The molecule has 1 aromatic heterocycles. The predicted molar refractivity (Wildman–Crippen MR) is 146 cm³/mol. The van der Waals surface area contributed by atoms with Crippen molar-refractivity contribution in [2.45, 2.75) is 46.1 Å². The van der Waals surface area contributed by atoms with Crippen LogP contribution >= 0.6 is 0 Å². The minimum atomic E-state index is -0.0146. The summed E-state index contributed by atoms with van der Waals surface area (Å²) in [5, 5.41) is 4.36. The van der Waals surface area contributed by atoms with Gasteiger partial charge >= 0.3 is 0 Å². The zero-order valence-electron chi connectivity index (χ0n) is 21.0. The standard InChI is InChI=1S/C31H35N3O/c1-21(2)31(35)33-26-10-6-9-24(18-26)23-14-16-34(17-15-23)20-25-19-32-30-28(25)12-7-13-29(30)27-11-5-4-8-22(27)3/h4-13,18-19,21,23,32H,14-17,20H2,1-3H3,(H,33,35). The van der Waals surface area contributed by atoms with Crippen LogP contribution in [0.5, 0.6) is 0 Å². The number of amides is 1. The van der Waals surface area contributed by atoms with Crippen molar-refractivity contribution in [1.82, 2.24) is 9.88 Å². The van der Waals surface area contributed by atoms with Crippen LogP contribution in [0.3, 0.4) is 0 Å². The van der Waals surface area contributed by atoms with Crippen molar-refractivity contribution in [3.05, 3.63) is 89.6 Å². The molecular formula is C31H35N3O. The molecule has 4 aromatic rings. The fourth-order valence-electron chi connectivity index (χ4n) is 5.27. The number of anilines is 1. The quantitative estimate of drug-likeness (QED) is 0.318. The molecule has 0 saturated carbocycles. The van der Waals surface area contributed by atoms with E-state index in [4.69, 9.17) is 0 Å². The molecule has 0 bridgehead atoms. The Hall–Kier alpha value is -3.37. The molecule has 0 unspecified atom stereocenters. The number of likely N-dealkylation sites (tertiary alicyclic amines) is 1. The Balaban J connectivity index is 1.26. The van der Waals surface area contributed by atoms with Crippen molar-refractivity contribution in [2.24, 2.45) is 5.92 Å². The number of aromatic amines is 1. The van der Waals surface area contributed by atoms with Gasteiger partial charge < -0.3 is 10.3 Å². The second kappa shape index (κ2) is 10.1. The number of carbonyl (C=O) groups excluding carboxylic acids is 1. The zero-order valence-corrected chi connectivity index (χ0v) is 21.0. The van der Waals surface area contributed by atoms with Crippen molar-refractivity contribution in [1.29, 1.82) is 0 Å². The number of hydrogen-bond acceptors (Lipinski definition) is 2. The number of benzene rings is 3. The van der Waals surface area contributed by atoms with Gasteiger partial charge in [0.2, 0.25) is 5.91 Å². The molecule has 5 rings (SSSR count). The van der Waals surface area contributed by atoms with Crippen LogP contribution < -0.4 is 5.32 Å². The number of nitrogens with one attached hydrogen (secondary N) is 2. The van der Waals surface area contributed by atoms with Gasteiger partial charge in [0, 0.05) is 35.3 Å². The summed E-state index contributed by atoms with van der Waals surface area (Å²) in [5.41, 5.74) is 8.70. The third-order valence-electron chi connectivity index (χ3n) is 7.37. The van der Waals surface area contributed by atoms with E-state index >= 15 is 0 Å². The lowest BCUT2D eigenvalue weighted by molar-refractivity contribution is -0.118. The van der Waals surface area contributed by atoms with E-state index in [1.807, 2.05) is 19.9 Å². The normalized spacial score (nSPS) is 15.1.